The topological polar surface area (TPSA) is 78.5 Å². The monoisotopic (exact) mass is 194 g/mol. The molecule has 0 saturated heterocycles. The van der Waals surface area contributed by atoms with E-state index in [2.05, 4.69) is 5.32 Å². The van der Waals surface area contributed by atoms with Crippen LogP contribution in [0.2, 0.25) is 0 Å². The smallest absolute Gasteiger partial charge is 0.109 e. The lowest BCUT2D eigenvalue weighted by Crippen LogP contribution is -2.46. The van der Waals surface area contributed by atoms with E-state index in [0.29, 0.717) is 6.54 Å². The summed E-state index contributed by atoms with van der Waals surface area (Å²) in [6, 6.07) is 7.10. The lowest BCUT2D eigenvalue weighted by Gasteiger charge is -2.34. The fourth-order valence-corrected chi connectivity index (χ4v) is 1.77. The molecule has 0 aliphatic carbocycles. The Morgan fingerprint density at radius 1 is 1.29 bits per heavy atom. The van der Waals surface area contributed by atoms with Crippen LogP contribution in [0.25, 0.3) is 0 Å². The van der Waals surface area contributed by atoms with Crippen LogP contribution in [0, 0.1) is 0 Å². The van der Waals surface area contributed by atoms with Gasteiger partial charge >= 0.3 is 0 Å². The fraction of sp³-hybridized carbons (Fsp3) is 0.400. The first-order valence-electron chi connectivity index (χ1n) is 4.65. The van der Waals surface area contributed by atoms with Crippen molar-refractivity contribution in [2.45, 2.75) is 18.2 Å². The lowest BCUT2D eigenvalue weighted by molar-refractivity contribution is 0.00411. The Morgan fingerprint density at radius 3 is 2.71 bits per heavy atom. The van der Waals surface area contributed by atoms with E-state index < -0.39 is 12.2 Å². The van der Waals surface area contributed by atoms with Crippen LogP contribution in [0.15, 0.2) is 24.3 Å². The van der Waals surface area contributed by atoms with Crippen LogP contribution in [-0.2, 0) is 0 Å². The normalized spacial score (nSPS) is 30.6. The summed E-state index contributed by atoms with van der Waals surface area (Å²) < 4.78 is 0. The van der Waals surface area contributed by atoms with Crippen LogP contribution in [0.1, 0.15) is 11.7 Å². The van der Waals surface area contributed by atoms with Gasteiger partial charge in [0, 0.05) is 17.8 Å². The number of benzene rings is 1. The van der Waals surface area contributed by atoms with Crippen molar-refractivity contribution in [2.75, 3.05) is 11.9 Å². The molecule has 3 atom stereocenters. The zero-order valence-corrected chi connectivity index (χ0v) is 7.72. The molecule has 0 bridgehead atoms. The van der Waals surface area contributed by atoms with Gasteiger partial charge in [0.1, 0.15) is 12.2 Å². The summed E-state index contributed by atoms with van der Waals surface area (Å²) in [6.45, 7) is 0.298. The molecule has 4 nitrogen and oxygen atoms in total. The summed E-state index contributed by atoms with van der Waals surface area (Å²) in [5, 5.41) is 22.6. The zero-order chi connectivity index (χ0) is 10.1. The van der Waals surface area contributed by atoms with Crippen molar-refractivity contribution >= 4 is 5.69 Å². The van der Waals surface area contributed by atoms with E-state index in [-0.39, 0.29) is 6.04 Å². The lowest BCUT2D eigenvalue weighted by atomic mass is 9.92. The predicted octanol–water partition coefficient (Wildman–Crippen LogP) is -0.166. The molecule has 1 aliphatic rings. The molecule has 2 unspecified atom stereocenters. The van der Waals surface area contributed by atoms with E-state index in [1.165, 1.54) is 0 Å². The number of anilines is 1. The van der Waals surface area contributed by atoms with Crippen molar-refractivity contribution in [2.24, 2.45) is 5.73 Å². The number of hydrogen-bond acceptors (Lipinski definition) is 4. The molecular formula is C10H14N2O2. The first kappa shape index (κ1) is 9.45. The van der Waals surface area contributed by atoms with E-state index in [1.807, 2.05) is 18.2 Å². The maximum atomic E-state index is 9.79. The molecule has 1 aromatic rings. The van der Waals surface area contributed by atoms with Crippen LogP contribution in [0.3, 0.4) is 0 Å². The molecule has 0 spiro atoms. The Morgan fingerprint density at radius 2 is 2.00 bits per heavy atom. The Hall–Kier alpha value is -1.10. The van der Waals surface area contributed by atoms with Crippen LogP contribution in [0.5, 0.6) is 0 Å². The number of nitrogens with one attached hydrogen (secondary N) is 1. The van der Waals surface area contributed by atoms with Gasteiger partial charge in [-0.3, -0.25) is 0 Å². The number of aliphatic hydroxyl groups excluding tert-OH is 2. The Bertz CT molecular complexity index is 330. The SMILES string of the molecule is NCC1Nc2ccccc2[C@@H](O)C1O. The summed E-state index contributed by atoms with van der Waals surface area (Å²) in [5.41, 5.74) is 7.05. The third kappa shape index (κ3) is 1.37. The van der Waals surface area contributed by atoms with Crippen LogP contribution in [-0.4, -0.2) is 28.9 Å². The van der Waals surface area contributed by atoms with Gasteiger partial charge in [0.15, 0.2) is 0 Å². The predicted molar refractivity (Wildman–Crippen MR) is 53.9 cm³/mol. The average Bonchev–Trinajstić information content (AvgIpc) is 2.23. The number of nitrogens with two attached hydrogens (primary N) is 1. The van der Waals surface area contributed by atoms with Crippen molar-refractivity contribution in [3.05, 3.63) is 29.8 Å². The number of hydrogen-bond donors (Lipinski definition) is 4. The van der Waals surface area contributed by atoms with Gasteiger partial charge in [0.25, 0.3) is 0 Å². The minimum absolute atomic E-state index is 0.278. The second-order valence-electron chi connectivity index (χ2n) is 3.51. The minimum atomic E-state index is -0.846. The molecule has 14 heavy (non-hydrogen) atoms. The van der Waals surface area contributed by atoms with Gasteiger partial charge in [-0.15, -0.1) is 0 Å². The van der Waals surface area contributed by atoms with Crippen molar-refractivity contribution in [3.63, 3.8) is 0 Å². The molecule has 76 valence electrons. The zero-order valence-electron chi connectivity index (χ0n) is 7.72. The second kappa shape index (κ2) is 3.57. The van der Waals surface area contributed by atoms with Gasteiger partial charge in [0.05, 0.1) is 6.04 Å². The van der Waals surface area contributed by atoms with E-state index in [0.717, 1.165) is 11.3 Å². The summed E-state index contributed by atoms with van der Waals surface area (Å²) in [6.07, 6.45) is -1.68. The molecule has 0 saturated carbocycles. The largest absolute Gasteiger partial charge is 0.388 e. The number of rotatable bonds is 1. The molecule has 0 radical (unpaired) electrons. The summed E-state index contributed by atoms with van der Waals surface area (Å²) in [7, 11) is 0. The first-order chi connectivity index (χ1) is 6.74. The third-order valence-corrected chi connectivity index (χ3v) is 2.61. The molecule has 1 heterocycles. The minimum Gasteiger partial charge on any atom is -0.388 e. The molecule has 2 rings (SSSR count). The summed E-state index contributed by atoms with van der Waals surface area (Å²) >= 11 is 0. The molecule has 1 aliphatic heterocycles. The fourth-order valence-electron chi connectivity index (χ4n) is 1.77. The molecule has 0 aromatic heterocycles. The number of fused-ring (bicyclic) bond motifs is 1. The van der Waals surface area contributed by atoms with E-state index in [1.54, 1.807) is 6.07 Å². The van der Waals surface area contributed by atoms with E-state index >= 15 is 0 Å². The highest BCUT2D eigenvalue weighted by atomic mass is 16.3. The van der Waals surface area contributed by atoms with Crippen molar-refractivity contribution in [1.29, 1.82) is 0 Å². The van der Waals surface area contributed by atoms with Crippen LogP contribution in [0.4, 0.5) is 5.69 Å². The van der Waals surface area contributed by atoms with Crippen molar-refractivity contribution in [3.8, 4) is 0 Å². The van der Waals surface area contributed by atoms with E-state index in [4.69, 9.17) is 5.73 Å². The van der Waals surface area contributed by atoms with Crippen LogP contribution >= 0.6 is 0 Å². The standard InChI is InChI=1S/C10H14N2O2/c11-5-8-10(14)9(13)6-3-1-2-4-7(6)12-8/h1-4,8-10,12-14H,5,11H2/t8?,9-,10?/m1/s1. The molecule has 0 fully saturated rings. The van der Waals surface area contributed by atoms with Gasteiger partial charge in [-0.1, -0.05) is 18.2 Å². The Labute approximate surface area is 82.4 Å². The van der Waals surface area contributed by atoms with Gasteiger partial charge in [0.2, 0.25) is 0 Å². The summed E-state index contributed by atoms with van der Waals surface area (Å²) in [5.74, 6) is 0. The highest BCUT2D eigenvalue weighted by Gasteiger charge is 2.32. The number of para-hydroxylation sites is 1. The highest BCUT2D eigenvalue weighted by molar-refractivity contribution is 5.55. The Balaban J connectivity index is 2.37. The van der Waals surface area contributed by atoms with Crippen molar-refractivity contribution in [1.82, 2.24) is 0 Å². The third-order valence-electron chi connectivity index (χ3n) is 2.61. The second-order valence-corrected chi connectivity index (χ2v) is 3.51. The molecule has 0 amide bonds. The van der Waals surface area contributed by atoms with Gasteiger partial charge in [-0.2, -0.15) is 0 Å². The molecule has 5 N–H and O–H groups in total. The van der Waals surface area contributed by atoms with Gasteiger partial charge in [-0.25, -0.2) is 0 Å². The maximum Gasteiger partial charge on any atom is 0.109 e. The Kier molecular flexibility index (Phi) is 2.41. The van der Waals surface area contributed by atoms with Crippen LogP contribution < -0.4 is 11.1 Å². The average molecular weight is 194 g/mol. The summed E-state index contributed by atoms with van der Waals surface area (Å²) in [4.78, 5) is 0. The maximum absolute atomic E-state index is 9.79. The van der Waals surface area contributed by atoms with Gasteiger partial charge in [-0.05, 0) is 6.07 Å². The molecule has 1 aromatic carbocycles. The first-order valence-corrected chi connectivity index (χ1v) is 4.65. The highest BCUT2D eigenvalue weighted by Crippen LogP contribution is 2.31. The molecule has 4 heteroatoms. The van der Waals surface area contributed by atoms with Crippen molar-refractivity contribution < 1.29 is 10.2 Å². The van der Waals surface area contributed by atoms with E-state index in [9.17, 15) is 10.2 Å². The molecular weight excluding hydrogens is 180 g/mol. The quantitative estimate of drug-likeness (QED) is 0.500. The van der Waals surface area contributed by atoms with Gasteiger partial charge < -0.3 is 21.3 Å². The number of aliphatic hydroxyl groups is 2.